The van der Waals surface area contributed by atoms with Crippen molar-refractivity contribution in [2.24, 2.45) is 11.8 Å². The Morgan fingerprint density at radius 2 is 2.27 bits per heavy atom. The van der Waals surface area contributed by atoms with Crippen LogP contribution >= 0.6 is 0 Å². The van der Waals surface area contributed by atoms with Crippen molar-refractivity contribution in [3.8, 4) is 0 Å². The standard InChI is InChI=1S/C12H23NO2/c1-9(2)11(14)13-8-12(15)6-4-5-10(3)7-12/h9-10,15H,4-8H2,1-3H3,(H,13,14). The highest BCUT2D eigenvalue weighted by molar-refractivity contribution is 5.77. The van der Waals surface area contributed by atoms with E-state index in [4.69, 9.17) is 0 Å². The molecule has 3 nitrogen and oxygen atoms in total. The van der Waals surface area contributed by atoms with Gasteiger partial charge in [-0.15, -0.1) is 0 Å². The number of amides is 1. The van der Waals surface area contributed by atoms with E-state index in [1.54, 1.807) is 0 Å². The molecule has 0 saturated heterocycles. The van der Waals surface area contributed by atoms with Crippen LogP contribution in [0.25, 0.3) is 0 Å². The van der Waals surface area contributed by atoms with Crippen molar-refractivity contribution in [3.63, 3.8) is 0 Å². The van der Waals surface area contributed by atoms with Gasteiger partial charge in [-0.3, -0.25) is 4.79 Å². The predicted octanol–water partition coefficient (Wildman–Crippen LogP) is 1.70. The fraction of sp³-hybridized carbons (Fsp3) is 0.917. The monoisotopic (exact) mass is 213 g/mol. The summed E-state index contributed by atoms with van der Waals surface area (Å²) in [4.78, 5) is 11.4. The van der Waals surface area contributed by atoms with Crippen LogP contribution in [0.15, 0.2) is 0 Å². The van der Waals surface area contributed by atoms with Crippen LogP contribution in [-0.4, -0.2) is 23.2 Å². The van der Waals surface area contributed by atoms with E-state index >= 15 is 0 Å². The van der Waals surface area contributed by atoms with Crippen molar-refractivity contribution in [2.45, 2.75) is 52.1 Å². The number of hydrogen-bond acceptors (Lipinski definition) is 2. The molecule has 0 aliphatic heterocycles. The van der Waals surface area contributed by atoms with Crippen molar-refractivity contribution in [3.05, 3.63) is 0 Å². The molecule has 1 aliphatic carbocycles. The minimum absolute atomic E-state index is 0.00499. The molecule has 3 heteroatoms. The summed E-state index contributed by atoms with van der Waals surface area (Å²) >= 11 is 0. The fourth-order valence-electron chi connectivity index (χ4n) is 2.25. The molecule has 2 atom stereocenters. The number of rotatable bonds is 3. The van der Waals surface area contributed by atoms with Gasteiger partial charge in [0.1, 0.15) is 0 Å². The lowest BCUT2D eigenvalue weighted by Crippen LogP contribution is -2.46. The van der Waals surface area contributed by atoms with Gasteiger partial charge in [-0.2, -0.15) is 0 Å². The van der Waals surface area contributed by atoms with E-state index in [-0.39, 0.29) is 11.8 Å². The van der Waals surface area contributed by atoms with Crippen molar-refractivity contribution in [1.29, 1.82) is 0 Å². The zero-order chi connectivity index (χ0) is 11.5. The van der Waals surface area contributed by atoms with Crippen LogP contribution in [0.5, 0.6) is 0 Å². The molecule has 1 amide bonds. The Hall–Kier alpha value is -0.570. The summed E-state index contributed by atoms with van der Waals surface area (Å²) in [6.45, 7) is 6.30. The molecule has 1 rings (SSSR count). The molecule has 1 saturated carbocycles. The fourth-order valence-corrected chi connectivity index (χ4v) is 2.25. The first-order valence-electron chi connectivity index (χ1n) is 5.93. The Morgan fingerprint density at radius 1 is 1.60 bits per heavy atom. The SMILES string of the molecule is CC1CCCC(O)(CNC(=O)C(C)C)C1. The molecule has 0 bridgehead atoms. The van der Waals surface area contributed by atoms with Gasteiger partial charge in [0, 0.05) is 12.5 Å². The number of nitrogens with one attached hydrogen (secondary N) is 1. The highest BCUT2D eigenvalue weighted by Gasteiger charge is 2.32. The first kappa shape index (κ1) is 12.5. The van der Waals surface area contributed by atoms with Crippen LogP contribution in [0.4, 0.5) is 0 Å². The highest BCUT2D eigenvalue weighted by Crippen LogP contribution is 2.31. The summed E-state index contributed by atoms with van der Waals surface area (Å²) in [6.07, 6.45) is 3.89. The van der Waals surface area contributed by atoms with Gasteiger partial charge in [0.25, 0.3) is 0 Å². The summed E-state index contributed by atoms with van der Waals surface area (Å²) in [7, 11) is 0. The second kappa shape index (κ2) is 4.97. The van der Waals surface area contributed by atoms with Gasteiger partial charge in [-0.1, -0.05) is 33.6 Å². The number of carbonyl (C=O) groups is 1. The lowest BCUT2D eigenvalue weighted by atomic mass is 9.79. The van der Waals surface area contributed by atoms with Gasteiger partial charge in [0.15, 0.2) is 0 Å². The summed E-state index contributed by atoms with van der Waals surface area (Å²) in [6, 6.07) is 0. The van der Waals surface area contributed by atoms with Gasteiger partial charge in [0.05, 0.1) is 5.60 Å². The molecule has 2 N–H and O–H groups in total. The predicted molar refractivity (Wildman–Crippen MR) is 60.4 cm³/mol. The highest BCUT2D eigenvalue weighted by atomic mass is 16.3. The van der Waals surface area contributed by atoms with Crippen molar-refractivity contribution < 1.29 is 9.90 Å². The van der Waals surface area contributed by atoms with E-state index in [1.807, 2.05) is 13.8 Å². The normalized spacial score (nSPS) is 31.7. The van der Waals surface area contributed by atoms with Crippen LogP contribution < -0.4 is 5.32 Å². The Labute approximate surface area is 92.3 Å². The van der Waals surface area contributed by atoms with Crippen LogP contribution in [0, 0.1) is 11.8 Å². The third-order valence-corrected chi connectivity index (χ3v) is 3.18. The summed E-state index contributed by atoms with van der Waals surface area (Å²) in [5, 5.41) is 13.1. The molecule has 0 spiro atoms. The van der Waals surface area contributed by atoms with Gasteiger partial charge < -0.3 is 10.4 Å². The van der Waals surface area contributed by atoms with E-state index in [0.29, 0.717) is 12.5 Å². The molecule has 0 aromatic rings. The molecule has 0 radical (unpaired) electrons. The first-order chi connectivity index (χ1) is 6.93. The molecule has 0 heterocycles. The topological polar surface area (TPSA) is 49.3 Å². The third-order valence-electron chi connectivity index (χ3n) is 3.18. The number of aliphatic hydroxyl groups is 1. The van der Waals surface area contributed by atoms with Gasteiger partial charge >= 0.3 is 0 Å². The van der Waals surface area contributed by atoms with E-state index in [9.17, 15) is 9.90 Å². The molecule has 15 heavy (non-hydrogen) atoms. The maximum atomic E-state index is 11.4. The van der Waals surface area contributed by atoms with Gasteiger partial charge in [0.2, 0.25) is 5.91 Å². The number of carbonyl (C=O) groups excluding carboxylic acids is 1. The van der Waals surface area contributed by atoms with Gasteiger partial charge in [-0.05, 0) is 18.8 Å². The quantitative estimate of drug-likeness (QED) is 0.749. The number of hydrogen-bond donors (Lipinski definition) is 2. The Morgan fingerprint density at radius 3 is 2.80 bits per heavy atom. The lowest BCUT2D eigenvalue weighted by molar-refractivity contribution is -0.125. The van der Waals surface area contributed by atoms with Crippen LogP contribution in [0.3, 0.4) is 0 Å². The first-order valence-corrected chi connectivity index (χ1v) is 5.93. The summed E-state index contributed by atoms with van der Waals surface area (Å²) in [5.74, 6) is 0.593. The Balaban J connectivity index is 2.39. The molecule has 0 aromatic carbocycles. The summed E-state index contributed by atoms with van der Waals surface area (Å²) < 4.78 is 0. The lowest BCUT2D eigenvalue weighted by Gasteiger charge is -2.35. The average Bonchev–Trinajstić information content (AvgIpc) is 2.13. The van der Waals surface area contributed by atoms with E-state index in [2.05, 4.69) is 12.2 Å². The smallest absolute Gasteiger partial charge is 0.222 e. The molecule has 2 unspecified atom stereocenters. The van der Waals surface area contributed by atoms with Crippen LogP contribution in [0.1, 0.15) is 46.5 Å². The molecule has 0 aromatic heterocycles. The van der Waals surface area contributed by atoms with Crippen LogP contribution in [0.2, 0.25) is 0 Å². The zero-order valence-corrected chi connectivity index (χ0v) is 10.0. The third kappa shape index (κ3) is 3.82. The second-order valence-electron chi connectivity index (χ2n) is 5.30. The summed E-state index contributed by atoms with van der Waals surface area (Å²) in [5.41, 5.74) is -0.664. The molecular formula is C12H23NO2. The van der Waals surface area contributed by atoms with Crippen LogP contribution in [-0.2, 0) is 4.79 Å². The molecular weight excluding hydrogens is 190 g/mol. The van der Waals surface area contributed by atoms with E-state index in [0.717, 1.165) is 19.3 Å². The van der Waals surface area contributed by atoms with Crippen molar-refractivity contribution in [2.75, 3.05) is 6.54 Å². The van der Waals surface area contributed by atoms with Gasteiger partial charge in [-0.25, -0.2) is 0 Å². The zero-order valence-electron chi connectivity index (χ0n) is 10.0. The largest absolute Gasteiger partial charge is 0.388 e. The average molecular weight is 213 g/mol. The van der Waals surface area contributed by atoms with E-state index < -0.39 is 5.60 Å². The molecule has 88 valence electrons. The Kier molecular flexibility index (Phi) is 4.14. The molecule has 1 fully saturated rings. The Bertz CT molecular complexity index is 228. The minimum Gasteiger partial charge on any atom is -0.388 e. The van der Waals surface area contributed by atoms with Crippen molar-refractivity contribution in [1.82, 2.24) is 5.32 Å². The minimum atomic E-state index is -0.664. The maximum absolute atomic E-state index is 11.4. The second-order valence-corrected chi connectivity index (χ2v) is 5.30. The van der Waals surface area contributed by atoms with E-state index in [1.165, 1.54) is 6.42 Å². The maximum Gasteiger partial charge on any atom is 0.222 e. The van der Waals surface area contributed by atoms with Crippen molar-refractivity contribution >= 4 is 5.91 Å². The molecule has 1 aliphatic rings.